The van der Waals surface area contributed by atoms with Crippen LogP contribution in [0.25, 0.3) is 27.7 Å². The number of hydrogen-bond donors (Lipinski definition) is 1. The van der Waals surface area contributed by atoms with Gasteiger partial charge < -0.3 is 5.11 Å². The van der Waals surface area contributed by atoms with Crippen LogP contribution in [0.3, 0.4) is 0 Å². The monoisotopic (exact) mass is 403 g/mol. The van der Waals surface area contributed by atoms with Crippen molar-refractivity contribution in [2.24, 2.45) is 0 Å². The van der Waals surface area contributed by atoms with Crippen LogP contribution >= 0.6 is 11.3 Å². The highest BCUT2D eigenvalue weighted by Crippen LogP contribution is 2.24. The number of halogens is 1. The largest absolute Gasteiger partial charge is 0.507 e. The highest BCUT2D eigenvalue weighted by molar-refractivity contribution is 7.17. The number of nitriles is 1. The summed E-state index contributed by atoms with van der Waals surface area (Å²) in [5.41, 5.74) is 1.50. The zero-order chi connectivity index (χ0) is 20.5. The number of para-hydroxylation sites is 1. The van der Waals surface area contributed by atoms with Crippen LogP contribution in [-0.2, 0) is 0 Å². The topological polar surface area (TPSA) is 78.9 Å². The number of aliphatic hydroxyl groups is 1. The second-order valence-electron chi connectivity index (χ2n) is 6.39. The zero-order valence-electron chi connectivity index (χ0n) is 15.3. The van der Waals surface area contributed by atoms with Gasteiger partial charge in [0.1, 0.15) is 22.1 Å². The lowest BCUT2D eigenvalue weighted by molar-refractivity contribution is 0.514. The Bertz CT molecular complexity index is 1380. The van der Waals surface area contributed by atoms with Crippen molar-refractivity contribution in [1.29, 1.82) is 5.26 Å². The normalized spacial score (nSPS) is 11.6. The van der Waals surface area contributed by atoms with Crippen LogP contribution in [0.1, 0.15) is 22.5 Å². The molecule has 0 amide bonds. The van der Waals surface area contributed by atoms with Gasteiger partial charge in [0, 0.05) is 11.6 Å². The Labute approximate surface area is 169 Å². The predicted molar refractivity (Wildman–Crippen MR) is 112 cm³/mol. The third kappa shape index (κ3) is 3.30. The smallest absolute Gasteiger partial charge is 0.276 e. The molecule has 0 radical (unpaired) electrons. The number of aromatic nitrogens is 2. The van der Waals surface area contributed by atoms with Crippen molar-refractivity contribution in [2.75, 3.05) is 0 Å². The van der Waals surface area contributed by atoms with Crippen LogP contribution in [0.2, 0.25) is 0 Å². The summed E-state index contributed by atoms with van der Waals surface area (Å²) in [6.07, 6.45) is 1.28. The third-order valence-electron chi connectivity index (χ3n) is 4.44. The lowest BCUT2D eigenvalue weighted by Crippen LogP contribution is -2.22. The molecule has 0 fully saturated rings. The van der Waals surface area contributed by atoms with Crippen molar-refractivity contribution < 1.29 is 9.50 Å². The summed E-state index contributed by atoms with van der Waals surface area (Å²) in [6.45, 7) is 1.84. The van der Waals surface area contributed by atoms with Crippen molar-refractivity contribution in [3.63, 3.8) is 0 Å². The minimum absolute atomic E-state index is 0.0316. The molecule has 0 saturated heterocycles. The fraction of sp³-hybridized carbons (Fsp3) is 0.0455. The molecule has 142 valence electrons. The van der Waals surface area contributed by atoms with E-state index in [4.69, 9.17) is 0 Å². The molecule has 0 unspecified atom stereocenters. The Morgan fingerprint density at radius 3 is 2.83 bits per heavy atom. The van der Waals surface area contributed by atoms with Gasteiger partial charge in [0.2, 0.25) is 0 Å². The maximum absolute atomic E-state index is 14.5. The van der Waals surface area contributed by atoms with Crippen molar-refractivity contribution in [3.8, 4) is 11.8 Å². The van der Waals surface area contributed by atoms with Crippen LogP contribution in [0.5, 0.6) is 0 Å². The average Bonchev–Trinajstić information content (AvgIpc) is 3.18. The molecule has 5 nitrogen and oxygen atoms in total. The van der Waals surface area contributed by atoms with Crippen molar-refractivity contribution in [2.45, 2.75) is 6.92 Å². The number of aliphatic hydroxyl groups excluding tert-OH is 1. The van der Waals surface area contributed by atoms with Gasteiger partial charge in [-0.05, 0) is 42.6 Å². The highest BCUT2D eigenvalue weighted by atomic mass is 32.1. The summed E-state index contributed by atoms with van der Waals surface area (Å²) in [5, 5.41) is 21.8. The first-order valence-corrected chi connectivity index (χ1v) is 9.54. The first-order valence-electron chi connectivity index (χ1n) is 8.66. The van der Waals surface area contributed by atoms with Crippen molar-refractivity contribution in [3.05, 3.63) is 92.6 Å². The molecule has 2 aromatic carbocycles. The molecule has 2 aromatic heterocycles. The summed E-state index contributed by atoms with van der Waals surface area (Å²) in [5.74, 6) is -0.763. The van der Waals surface area contributed by atoms with Crippen LogP contribution in [0.15, 0.2) is 58.7 Å². The van der Waals surface area contributed by atoms with Gasteiger partial charge in [0.15, 0.2) is 0 Å². The number of nitrogens with zero attached hydrogens (tertiary/aromatic N) is 3. The van der Waals surface area contributed by atoms with Crippen LogP contribution in [0, 0.1) is 24.1 Å². The minimum Gasteiger partial charge on any atom is -0.507 e. The molecule has 7 heteroatoms. The number of aryl methyl sites for hydroxylation is 1. The molecule has 29 heavy (non-hydrogen) atoms. The van der Waals surface area contributed by atoms with Gasteiger partial charge in [-0.2, -0.15) is 5.26 Å². The molecule has 4 rings (SSSR count). The Kier molecular flexibility index (Phi) is 4.71. The molecule has 0 aliphatic carbocycles. The van der Waals surface area contributed by atoms with E-state index in [9.17, 15) is 19.6 Å². The van der Waals surface area contributed by atoms with Gasteiger partial charge in [-0.25, -0.2) is 9.37 Å². The van der Waals surface area contributed by atoms with E-state index in [1.807, 2.05) is 13.0 Å². The molecule has 0 atom stereocenters. The van der Waals surface area contributed by atoms with Crippen LogP contribution in [-0.4, -0.2) is 14.7 Å². The Morgan fingerprint density at radius 2 is 2.07 bits per heavy atom. The van der Waals surface area contributed by atoms with Crippen molar-refractivity contribution >= 4 is 33.4 Å². The van der Waals surface area contributed by atoms with E-state index in [1.54, 1.807) is 35.7 Å². The molecular weight excluding hydrogens is 389 g/mol. The SMILES string of the molecule is Cc1ccc(C#N)c(/C(O)=C/c2nc3ccsc3c(=O)n2-c2ccccc2F)c1. The molecule has 0 spiro atoms. The van der Waals surface area contributed by atoms with Gasteiger partial charge in [-0.3, -0.25) is 9.36 Å². The van der Waals surface area contributed by atoms with E-state index in [0.29, 0.717) is 15.8 Å². The number of rotatable bonds is 3. The summed E-state index contributed by atoms with van der Waals surface area (Å²) >= 11 is 1.22. The Morgan fingerprint density at radius 1 is 1.28 bits per heavy atom. The molecule has 0 bridgehead atoms. The van der Waals surface area contributed by atoms with E-state index in [0.717, 1.165) is 10.1 Å². The summed E-state index contributed by atoms with van der Waals surface area (Å²) in [4.78, 5) is 17.5. The summed E-state index contributed by atoms with van der Waals surface area (Å²) in [7, 11) is 0. The van der Waals surface area contributed by atoms with Crippen molar-refractivity contribution in [1.82, 2.24) is 9.55 Å². The van der Waals surface area contributed by atoms with E-state index in [-0.39, 0.29) is 22.8 Å². The van der Waals surface area contributed by atoms with E-state index in [2.05, 4.69) is 4.98 Å². The van der Waals surface area contributed by atoms with Crippen LogP contribution < -0.4 is 5.56 Å². The first-order chi connectivity index (χ1) is 14.0. The fourth-order valence-electron chi connectivity index (χ4n) is 3.06. The van der Waals surface area contributed by atoms with E-state index in [1.165, 1.54) is 35.6 Å². The Balaban J connectivity index is 2.02. The molecule has 0 aliphatic rings. The lowest BCUT2D eigenvalue weighted by atomic mass is 10.0. The fourth-order valence-corrected chi connectivity index (χ4v) is 3.82. The second-order valence-corrected chi connectivity index (χ2v) is 7.30. The second kappa shape index (κ2) is 7.34. The highest BCUT2D eigenvalue weighted by Gasteiger charge is 2.17. The number of benzene rings is 2. The maximum Gasteiger partial charge on any atom is 0.276 e. The van der Waals surface area contributed by atoms with E-state index >= 15 is 0 Å². The summed E-state index contributed by atoms with van der Waals surface area (Å²) < 4.78 is 16.0. The number of thiophene rings is 1. The average molecular weight is 403 g/mol. The molecule has 2 heterocycles. The third-order valence-corrected chi connectivity index (χ3v) is 5.33. The van der Waals surface area contributed by atoms with Gasteiger partial charge in [-0.15, -0.1) is 11.3 Å². The predicted octanol–water partition coefficient (Wildman–Crippen LogP) is 4.82. The van der Waals surface area contributed by atoms with E-state index < -0.39 is 11.4 Å². The van der Waals surface area contributed by atoms with Gasteiger partial charge in [-0.1, -0.05) is 23.8 Å². The van der Waals surface area contributed by atoms with Gasteiger partial charge in [0.25, 0.3) is 5.56 Å². The van der Waals surface area contributed by atoms with Gasteiger partial charge >= 0.3 is 0 Å². The molecule has 0 saturated carbocycles. The lowest BCUT2D eigenvalue weighted by Gasteiger charge is -2.12. The molecule has 0 aliphatic heterocycles. The van der Waals surface area contributed by atoms with Gasteiger partial charge in [0.05, 0.1) is 22.8 Å². The first kappa shape index (κ1) is 18.6. The maximum atomic E-state index is 14.5. The Hall–Kier alpha value is -3.76. The summed E-state index contributed by atoms with van der Waals surface area (Å²) in [6, 6.07) is 14.6. The quantitative estimate of drug-likeness (QED) is 0.497. The molecule has 4 aromatic rings. The minimum atomic E-state index is -0.588. The molecular formula is C22H14FN3O2S. The zero-order valence-corrected chi connectivity index (χ0v) is 16.1. The molecule has 1 N–H and O–H groups in total. The number of hydrogen-bond acceptors (Lipinski definition) is 5. The van der Waals surface area contributed by atoms with Crippen LogP contribution in [0.4, 0.5) is 4.39 Å². The standard InChI is InChI=1S/C22H14FN3O2S/c1-13-6-7-14(12-24)15(10-13)19(27)11-20-25-17-8-9-29-21(17)22(28)26(20)18-5-3-2-4-16(18)23/h2-11,27H,1H3/b19-11-. The number of fused-ring (bicyclic) bond motifs is 1.